The van der Waals surface area contributed by atoms with Crippen LogP contribution in [0, 0.1) is 0 Å². The van der Waals surface area contributed by atoms with E-state index in [1.807, 2.05) is 0 Å². The molecule has 5 nitrogen and oxygen atoms in total. The maximum Gasteiger partial charge on any atom is 0.325 e. The van der Waals surface area contributed by atoms with Crippen LogP contribution in [0.5, 0.6) is 0 Å². The van der Waals surface area contributed by atoms with E-state index in [2.05, 4.69) is 29.7 Å². The molecule has 1 heterocycles. The zero-order valence-corrected chi connectivity index (χ0v) is 12.7. The Hall–Kier alpha value is -1.36. The second-order valence-corrected chi connectivity index (χ2v) is 5.68. The molecule has 0 aliphatic heterocycles. The van der Waals surface area contributed by atoms with Crippen molar-refractivity contribution >= 4 is 5.97 Å². The summed E-state index contributed by atoms with van der Waals surface area (Å²) in [5.74, 6) is -0.303. The molecule has 0 radical (unpaired) electrons. The van der Waals surface area contributed by atoms with Crippen molar-refractivity contribution in [1.82, 2.24) is 9.78 Å². The number of esters is 1. The second-order valence-electron chi connectivity index (χ2n) is 5.68. The van der Waals surface area contributed by atoms with Crippen LogP contribution in [0.25, 0.3) is 0 Å². The average molecular weight is 279 g/mol. The van der Waals surface area contributed by atoms with E-state index in [-0.39, 0.29) is 12.0 Å². The molecule has 5 heteroatoms. The lowest BCUT2D eigenvalue weighted by atomic mass is 9.79. The van der Waals surface area contributed by atoms with Crippen molar-refractivity contribution in [2.45, 2.75) is 64.0 Å². The number of carbonyl (C=O) groups is 1. The highest BCUT2D eigenvalue weighted by molar-refractivity contribution is 5.80. The van der Waals surface area contributed by atoms with Crippen molar-refractivity contribution in [2.75, 3.05) is 7.11 Å². The third kappa shape index (κ3) is 2.73. The Morgan fingerprint density at radius 1 is 1.55 bits per heavy atom. The van der Waals surface area contributed by atoms with Crippen LogP contribution in [-0.4, -0.2) is 28.4 Å². The Kier molecular flexibility index (Phi) is 4.48. The Balaban J connectivity index is 2.24. The molecule has 0 aromatic carbocycles. The van der Waals surface area contributed by atoms with E-state index in [0.29, 0.717) is 12.8 Å². The first kappa shape index (κ1) is 15.0. The highest BCUT2D eigenvalue weighted by atomic mass is 16.5. The third-order valence-electron chi connectivity index (χ3n) is 4.29. The van der Waals surface area contributed by atoms with Crippen LogP contribution in [0.1, 0.15) is 57.0 Å². The van der Waals surface area contributed by atoms with Gasteiger partial charge in [0.15, 0.2) is 0 Å². The molecule has 20 heavy (non-hydrogen) atoms. The number of nitrogens with zero attached hydrogens (tertiary/aromatic N) is 2. The number of hydrogen-bond acceptors (Lipinski definition) is 4. The number of nitrogens with two attached hydrogens (primary N) is 1. The maximum absolute atomic E-state index is 11.9. The predicted molar refractivity (Wildman–Crippen MR) is 77.4 cm³/mol. The number of hydrogen-bond donors (Lipinski definition) is 1. The number of methoxy groups -OCH3 is 1. The standard InChI is InChI=1S/C15H25N3O2/c1-4-11-9-12(5-2)18(17-11)13-7-6-8-15(16,10-13)14(19)20-3/h9,13H,4-8,10,16H2,1-3H3. The number of rotatable bonds is 4. The van der Waals surface area contributed by atoms with E-state index >= 15 is 0 Å². The van der Waals surface area contributed by atoms with Gasteiger partial charge in [-0.2, -0.15) is 5.10 Å². The summed E-state index contributed by atoms with van der Waals surface area (Å²) < 4.78 is 6.95. The Labute approximate surface area is 120 Å². The van der Waals surface area contributed by atoms with Crippen molar-refractivity contribution < 1.29 is 9.53 Å². The van der Waals surface area contributed by atoms with Crippen molar-refractivity contribution in [3.05, 3.63) is 17.5 Å². The molecule has 112 valence electrons. The summed E-state index contributed by atoms with van der Waals surface area (Å²) in [5, 5.41) is 4.68. The van der Waals surface area contributed by atoms with Crippen molar-refractivity contribution in [3.8, 4) is 0 Å². The molecule has 2 N–H and O–H groups in total. The van der Waals surface area contributed by atoms with Crippen LogP contribution in [-0.2, 0) is 22.4 Å². The fourth-order valence-corrected chi connectivity index (χ4v) is 3.12. The van der Waals surface area contributed by atoms with Gasteiger partial charge in [0.25, 0.3) is 0 Å². The minimum Gasteiger partial charge on any atom is -0.468 e. The van der Waals surface area contributed by atoms with Gasteiger partial charge in [-0.3, -0.25) is 9.48 Å². The minimum absolute atomic E-state index is 0.197. The molecule has 1 aromatic heterocycles. The van der Waals surface area contributed by atoms with Crippen molar-refractivity contribution in [2.24, 2.45) is 5.73 Å². The molecule has 0 bridgehead atoms. The van der Waals surface area contributed by atoms with Crippen LogP contribution in [0.4, 0.5) is 0 Å². The number of ether oxygens (including phenoxy) is 1. The first-order valence-electron chi connectivity index (χ1n) is 7.48. The summed E-state index contributed by atoms with van der Waals surface area (Å²) >= 11 is 0. The maximum atomic E-state index is 11.9. The zero-order valence-electron chi connectivity index (χ0n) is 12.7. The third-order valence-corrected chi connectivity index (χ3v) is 4.29. The Bertz CT molecular complexity index is 483. The van der Waals surface area contributed by atoms with Crippen molar-refractivity contribution in [3.63, 3.8) is 0 Å². The SMILES string of the molecule is CCc1cc(CC)n(C2CCCC(N)(C(=O)OC)C2)n1. The summed E-state index contributed by atoms with van der Waals surface area (Å²) in [5.41, 5.74) is 7.72. The first-order valence-corrected chi connectivity index (χ1v) is 7.48. The lowest BCUT2D eigenvalue weighted by Gasteiger charge is -2.36. The number of carbonyl (C=O) groups excluding carboxylic acids is 1. The second kappa shape index (κ2) is 5.95. The lowest BCUT2D eigenvalue weighted by molar-refractivity contribution is -0.149. The highest BCUT2D eigenvalue weighted by Crippen LogP contribution is 2.35. The normalized spacial score (nSPS) is 26.5. The van der Waals surface area contributed by atoms with Crippen LogP contribution < -0.4 is 5.73 Å². The molecule has 2 atom stereocenters. The molecule has 1 aromatic rings. The van der Waals surface area contributed by atoms with Crippen LogP contribution in [0.2, 0.25) is 0 Å². The van der Waals surface area contributed by atoms with Crippen LogP contribution >= 0.6 is 0 Å². The predicted octanol–water partition coefficient (Wildman–Crippen LogP) is 1.99. The summed E-state index contributed by atoms with van der Waals surface area (Å²) in [6.07, 6.45) is 5.13. The van der Waals surface area contributed by atoms with Gasteiger partial charge >= 0.3 is 5.97 Å². The van der Waals surface area contributed by atoms with Crippen molar-refractivity contribution in [1.29, 1.82) is 0 Å². The summed E-state index contributed by atoms with van der Waals surface area (Å²) in [6.45, 7) is 4.24. The van der Waals surface area contributed by atoms with Gasteiger partial charge < -0.3 is 10.5 Å². The summed E-state index contributed by atoms with van der Waals surface area (Å²) in [6, 6.07) is 2.35. The molecule has 0 amide bonds. The first-order chi connectivity index (χ1) is 9.54. The van der Waals surface area contributed by atoms with E-state index < -0.39 is 5.54 Å². The molecule has 2 unspecified atom stereocenters. The largest absolute Gasteiger partial charge is 0.468 e. The van der Waals surface area contributed by atoms with E-state index in [1.54, 1.807) is 0 Å². The van der Waals surface area contributed by atoms with E-state index in [9.17, 15) is 4.79 Å². The molecular formula is C15H25N3O2. The highest BCUT2D eigenvalue weighted by Gasteiger charge is 2.41. The van der Waals surface area contributed by atoms with Gasteiger partial charge in [0, 0.05) is 5.69 Å². The Morgan fingerprint density at radius 3 is 2.90 bits per heavy atom. The topological polar surface area (TPSA) is 70.1 Å². The van der Waals surface area contributed by atoms with Gasteiger partial charge in [0.2, 0.25) is 0 Å². The Morgan fingerprint density at radius 2 is 2.30 bits per heavy atom. The van der Waals surface area contributed by atoms with Gasteiger partial charge in [-0.05, 0) is 44.6 Å². The van der Waals surface area contributed by atoms with Gasteiger partial charge in [-0.1, -0.05) is 13.8 Å². The molecule has 2 rings (SSSR count). The minimum atomic E-state index is -0.860. The lowest BCUT2D eigenvalue weighted by Crippen LogP contribution is -2.52. The molecule has 1 aliphatic carbocycles. The van der Waals surface area contributed by atoms with Gasteiger partial charge in [-0.15, -0.1) is 0 Å². The van der Waals surface area contributed by atoms with Crippen LogP contribution in [0.3, 0.4) is 0 Å². The zero-order chi connectivity index (χ0) is 14.8. The molecular weight excluding hydrogens is 254 g/mol. The average Bonchev–Trinajstić information content (AvgIpc) is 2.89. The van der Waals surface area contributed by atoms with Gasteiger partial charge in [0.1, 0.15) is 5.54 Å². The quantitative estimate of drug-likeness (QED) is 0.856. The van der Waals surface area contributed by atoms with Crippen LogP contribution in [0.15, 0.2) is 6.07 Å². The number of aromatic nitrogens is 2. The molecule has 1 saturated carbocycles. The molecule has 0 spiro atoms. The van der Waals surface area contributed by atoms with E-state index in [0.717, 1.165) is 31.4 Å². The van der Waals surface area contributed by atoms with E-state index in [1.165, 1.54) is 12.8 Å². The molecule has 1 fully saturated rings. The molecule has 0 saturated heterocycles. The van der Waals surface area contributed by atoms with Gasteiger partial charge in [-0.25, -0.2) is 0 Å². The smallest absolute Gasteiger partial charge is 0.325 e. The fraction of sp³-hybridized carbons (Fsp3) is 0.733. The molecule has 1 aliphatic rings. The summed E-state index contributed by atoms with van der Waals surface area (Å²) in [4.78, 5) is 11.9. The van der Waals surface area contributed by atoms with E-state index in [4.69, 9.17) is 10.5 Å². The summed E-state index contributed by atoms with van der Waals surface area (Å²) in [7, 11) is 1.40. The number of aryl methyl sites for hydroxylation is 2. The fourth-order valence-electron chi connectivity index (χ4n) is 3.12. The monoisotopic (exact) mass is 279 g/mol. The van der Waals surface area contributed by atoms with Gasteiger partial charge in [0.05, 0.1) is 18.8 Å².